The molecule has 1 unspecified atom stereocenters. The van der Waals surface area contributed by atoms with Crippen molar-refractivity contribution < 1.29 is 28.5 Å². The first-order valence-electron chi connectivity index (χ1n) is 6.91. The van der Waals surface area contributed by atoms with Gasteiger partial charge in [0.25, 0.3) is 0 Å². The van der Waals surface area contributed by atoms with E-state index < -0.39 is 11.9 Å². The Bertz CT molecular complexity index is 569. The fraction of sp³-hybridized carbons (Fsp3) is 0.375. The van der Waals surface area contributed by atoms with Crippen molar-refractivity contribution in [2.75, 3.05) is 33.3 Å². The van der Waals surface area contributed by atoms with E-state index in [4.69, 9.17) is 9.47 Å². The first-order chi connectivity index (χ1) is 11.0. The minimum atomic E-state index is -0.699. The molecule has 0 aliphatic carbocycles. The summed E-state index contributed by atoms with van der Waals surface area (Å²) >= 11 is 0. The minimum absolute atomic E-state index is 0.0604. The molecular weight excluding hydrogens is 302 g/mol. The molecule has 0 aliphatic rings. The topological polar surface area (TPSA) is 83.1 Å². The maximum atomic E-state index is 11.8. The van der Waals surface area contributed by atoms with Crippen molar-refractivity contribution in [3.05, 3.63) is 36.0 Å². The lowest BCUT2D eigenvalue weighted by molar-refractivity contribution is -0.138. The Hall–Kier alpha value is -2.54. The minimum Gasteiger partial charge on any atom is -0.486 e. The lowest BCUT2D eigenvalue weighted by atomic mass is 10.2. The zero-order valence-corrected chi connectivity index (χ0v) is 13.6. The molecule has 1 N–H and O–H groups in total. The summed E-state index contributed by atoms with van der Waals surface area (Å²) in [7, 11) is 4.02. The Morgan fingerprint density at radius 2 is 1.87 bits per heavy atom. The number of methoxy groups -OCH3 is 3. The van der Waals surface area contributed by atoms with Crippen molar-refractivity contribution in [3.63, 3.8) is 0 Å². The van der Waals surface area contributed by atoms with E-state index in [0.29, 0.717) is 18.0 Å². The summed E-state index contributed by atoms with van der Waals surface area (Å²) in [4.78, 5) is 23.2. The maximum absolute atomic E-state index is 11.8. The van der Waals surface area contributed by atoms with E-state index in [0.717, 1.165) is 6.08 Å². The van der Waals surface area contributed by atoms with Crippen molar-refractivity contribution in [2.45, 2.75) is 13.0 Å². The predicted octanol–water partition coefficient (Wildman–Crippen LogP) is 1.74. The molecule has 0 aliphatic heterocycles. The third kappa shape index (κ3) is 5.99. The number of nitrogens with one attached hydrogen (secondary N) is 1. The Kier molecular flexibility index (Phi) is 7.62. The highest BCUT2D eigenvalue weighted by atomic mass is 16.5. The summed E-state index contributed by atoms with van der Waals surface area (Å²) < 4.78 is 20.0. The fourth-order valence-electron chi connectivity index (χ4n) is 1.74. The van der Waals surface area contributed by atoms with Crippen LogP contribution in [0.2, 0.25) is 0 Å². The molecule has 1 aromatic carbocycles. The quantitative estimate of drug-likeness (QED) is 0.576. The molecule has 1 atom stereocenters. The summed E-state index contributed by atoms with van der Waals surface area (Å²) in [5, 5.41) is 2.83. The van der Waals surface area contributed by atoms with Crippen molar-refractivity contribution in [1.82, 2.24) is 0 Å². The number of benzene rings is 1. The van der Waals surface area contributed by atoms with Crippen LogP contribution >= 0.6 is 0 Å². The van der Waals surface area contributed by atoms with Gasteiger partial charge in [-0.25, -0.2) is 9.59 Å². The molecule has 0 saturated heterocycles. The molecule has 0 bridgehead atoms. The van der Waals surface area contributed by atoms with Crippen molar-refractivity contribution in [3.8, 4) is 5.75 Å². The summed E-state index contributed by atoms with van der Waals surface area (Å²) in [6.07, 6.45) is 0.829. The van der Waals surface area contributed by atoms with Gasteiger partial charge < -0.3 is 24.3 Å². The highest BCUT2D eigenvalue weighted by Crippen LogP contribution is 2.26. The van der Waals surface area contributed by atoms with Crippen molar-refractivity contribution >= 4 is 17.6 Å². The predicted molar refractivity (Wildman–Crippen MR) is 84.1 cm³/mol. The number of para-hydroxylation sites is 2. The van der Waals surface area contributed by atoms with E-state index in [1.165, 1.54) is 14.2 Å². The SMILES string of the molecule is COCC(C)Oc1ccccc1N/C(=C/C(=O)OC)C(=O)OC. The molecular formula is C16H21NO6. The average molecular weight is 323 g/mol. The van der Waals surface area contributed by atoms with Crippen LogP contribution in [0.5, 0.6) is 5.75 Å². The van der Waals surface area contributed by atoms with E-state index in [1.54, 1.807) is 31.4 Å². The molecule has 1 aromatic rings. The molecule has 0 radical (unpaired) electrons. The number of esters is 2. The van der Waals surface area contributed by atoms with Crippen LogP contribution in [0.1, 0.15) is 6.92 Å². The molecule has 7 heteroatoms. The zero-order chi connectivity index (χ0) is 17.2. The van der Waals surface area contributed by atoms with Gasteiger partial charge in [0.05, 0.1) is 32.6 Å². The molecule has 23 heavy (non-hydrogen) atoms. The highest BCUT2D eigenvalue weighted by molar-refractivity contribution is 5.99. The maximum Gasteiger partial charge on any atom is 0.354 e. The lowest BCUT2D eigenvalue weighted by Gasteiger charge is -2.18. The third-order valence-corrected chi connectivity index (χ3v) is 2.75. The highest BCUT2D eigenvalue weighted by Gasteiger charge is 2.15. The van der Waals surface area contributed by atoms with Gasteiger partial charge in [0.15, 0.2) is 0 Å². The van der Waals surface area contributed by atoms with Crippen LogP contribution in [0.15, 0.2) is 36.0 Å². The van der Waals surface area contributed by atoms with Gasteiger partial charge in [-0.3, -0.25) is 0 Å². The van der Waals surface area contributed by atoms with Crippen molar-refractivity contribution in [2.24, 2.45) is 0 Å². The van der Waals surface area contributed by atoms with Gasteiger partial charge in [0.2, 0.25) is 0 Å². The lowest BCUT2D eigenvalue weighted by Crippen LogP contribution is -2.20. The summed E-state index contributed by atoms with van der Waals surface area (Å²) in [5.41, 5.74) is 0.450. The van der Waals surface area contributed by atoms with E-state index in [-0.39, 0.29) is 11.8 Å². The van der Waals surface area contributed by atoms with Gasteiger partial charge in [0.1, 0.15) is 17.6 Å². The van der Waals surface area contributed by atoms with E-state index in [2.05, 4.69) is 14.8 Å². The fourth-order valence-corrected chi connectivity index (χ4v) is 1.74. The monoisotopic (exact) mass is 323 g/mol. The molecule has 126 valence electrons. The first kappa shape index (κ1) is 18.5. The van der Waals surface area contributed by atoms with Crippen LogP contribution in [0, 0.1) is 0 Å². The molecule has 7 nitrogen and oxygen atoms in total. The van der Waals surface area contributed by atoms with Crippen LogP contribution < -0.4 is 10.1 Å². The van der Waals surface area contributed by atoms with Crippen LogP contribution in [-0.2, 0) is 23.8 Å². The number of carbonyl (C=O) groups is 2. The third-order valence-electron chi connectivity index (χ3n) is 2.75. The smallest absolute Gasteiger partial charge is 0.354 e. The molecule has 0 amide bonds. The Labute approximate surface area is 135 Å². The molecule has 0 aromatic heterocycles. The normalized spacial score (nSPS) is 12.3. The number of hydrogen-bond acceptors (Lipinski definition) is 7. The molecule has 0 saturated carbocycles. The number of ether oxygens (including phenoxy) is 4. The van der Waals surface area contributed by atoms with Gasteiger partial charge in [0, 0.05) is 7.11 Å². The summed E-state index contributed by atoms with van der Waals surface area (Å²) in [6, 6.07) is 7.01. The standard InChI is InChI=1S/C16H21NO6/c1-11(10-20-2)23-14-8-6-5-7-12(14)17-13(16(19)22-4)9-15(18)21-3/h5-9,11,17H,10H2,1-4H3/b13-9+. The Balaban J connectivity index is 3.02. The largest absolute Gasteiger partial charge is 0.486 e. The average Bonchev–Trinajstić information content (AvgIpc) is 2.55. The van der Waals surface area contributed by atoms with Crippen LogP contribution in [0.25, 0.3) is 0 Å². The number of rotatable bonds is 8. The first-order valence-corrected chi connectivity index (χ1v) is 6.91. The van der Waals surface area contributed by atoms with Gasteiger partial charge in [-0.1, -0.05) is 12.1 Å². The Morgan fingerprint density at radius 3 is 2.48 bits per heavy atom. The molecule has 1 rings (SSSR count). The van der Waals surface area contributed by atoms with Gasteiger partial charge in [-0.05, 0) is 19.1 Å². The molecule has 0 spiro atoms. The summed E-state index contributed by atoms with van der Waals surface area (Å²) in [5.74, 6) is -0.865. The van der Waals surface area contributed by atoms with E-state index >= 15 is 0 Å². The number of anilines is 1. The Morgan fingerprint density at radius 1 is 1.17 bits per heavy atom. The second-order valence-corrected chi connectivity index (χ2v) is 4.58. The van der Waals surface area contributed by atoms with Crippen molar-refractivity contribution in [1.29, 1.82) is 0 Å². The second-order valence-electron chi connectivity index (χ2n) is 4.58. The molecule has 0 heterocycles. The van der Waals surface area contributed by atoms with Gasteiger partial charge >= 0.3 is 11.9 Å². The van der Waals surface area contributed by atoms with Crippen LogP contribution in [0.4, 0.5) is 5.69 Å². The van der Waals surface area contributed by atoms with Gasteiger partial charge in [-0.15, -0.1) is 0 Å². The number of hydrogen-bond donors (Lipinski definition) is 1. The number of carbonyl (C=O) groups excluding carboxylic acids is 2. The van der Waals surface area contributed by atoms with E-state index in [9.17, 15) is 9.59 Å². The van der Waals surface area contributed by atoms with Gasteiger partial charge in [-0.2, -0.15) is 0 Å². The molecule has 0 fully saturated rings. The van der Waals surface area contributed by atoms with E-state index in [1.807, 2.05) is 6.92 Å². The second kappa shape index (κ2) is 9.47. The zero-order valence-electron chi connectivity index (χ0n) is 13.6. The van der Waals surface area contributed by atoms with Crippen LogP contribution in [0.3, 0.4) is 0 Å². The summed E-state index contributed by atoms with van der Waals surface area (Å²) in [6.45, 7) is 2.27. The van der Waals surface area contributed by atoms with Crippen LogP contribution in [-0.4, -0.2) is 46.0 Å².